The predicted octanol–water partition coefficient (Wildman–Crippen LogP) is 0.766. The molecule has 88 valence electrons. The van der Waals surface area contributed by atoms with Crippen LogP contribution in [0.2, 0.25) is 0 Å². The first-order chi connectivity index (χ1) is 7.40. The van der Waals surface area contributed by atoms with Crippen LogP contribution < -0.4 is 5.32 Å². The van der Waals surface area contributed by atoms with Gasteiger partial charge in [-0.1, -0.05) is 6.92 Å². The Labute approximate surface area is 93.8 Å². The monoisotopic (exact) mass is 211 g/mol. The molecule has 1 aliphatic heterocycles. The highest BCUT2D eigenvalue weighted by molar-refractivity contribution is 4.85. The number of nitrogens with zero attached hydrogens (tertiary/aromatic N) is 2. The van der Waals surface area contributed by atoms with Gasteiger partial charge < -0.3 is 5.32 Å². The summed E-state index contributed by atoms with van der Waals surface area (Å²) in [7, 11) is 0. The van der Waals surface area contributed by atoms with Crippen LogP contribution >= 0.6 is 0 Å². The molecule has 0 amide bonds. The van der Waals surface area contributed by atoms with E-state index in [1.54, 1.807) is 0 Å². The van der Waals surface area contributed by atoms with E-state index in [1.807, 2.05) is 0 Å². The van der Waals surface area contributed by atoms with Crippen molar-refractivity contribution in [3.63, 3.8) is 0 Å². The Morgan fingerprint density at radius 3 is 2.53 bits per heavy atom. The Hall–Kier alpha value is -0.120. The molecule has 0 aromatic rings. The third kappa shape index (κ3) is 3.74. The van der Waals surface area contributed by atoms with Crippen molar-refractivity contribution in [3.05, 3.63) is 0 Å². The maximum absolute atomic E-state index is 3.41. The van der Waals surface area contributed by atoms with E-state index in [2.05, 4.69) is 22.0 Å². The summed E-state index contributed by atoms with van der Waals surface area (Å²) in [5, 5.41) is 3.41. The van der Waals surface area contributed by atoms with Gasteiger partial charge in [-0.05, 0) is 25.8 Å². The molecule has 1 aliphatic carbocycles. The molecule has 0 aromatic heterocycles. The highest BCUT2D eigenvalue weighted by atomic mass is 15.2. The fraction of sp³-hybridized carbons (Fsp3) is 1.00. The van der Waals surface area contributed by atoms with E-state index < -0.39 is 0 Å². The Morgan fingerprint density at radius 2 is 1.93 bits per heavy atom. The highest BCUT2D eigenvalue weighted by Crippen LogP contribution is 2.26. The number of rotatable bonds is 6. The van der Waals surface area contributed by atoms with Crippen molar-refractivity contribution in [1.29, 1.82) is 0 Å². The Balaban J connectivity index is 1.65. The summed E-state index contributed by atoms with van der Waals surface area (Å²) in [5.74, 6) is 0. The van der Waals surface area contributed by atoms with Crippen LogP contribution in [0.5, 0.6) is 0 Å². The van der Waals surface area contributed by atoms with E-state index in [0.29, 0.717) is 0 Å². The minimum atomic E-state index is 0.938. The summed E-state index contributed by atoms with van der Waals surface area (Å²) in [6.45, 7) is 11.0. The van der Waals surface area contributed by atoms with Crippen LogP contribution in [0.25, 0.3) is 0 Å². The molecular weight excluding hydrogens is 186 g/mol. The van der Waals surface area contributed by atoms with Gasteiger partial charge in [0.15, 0.2) is 0 Å². The smallest absolute Gasteiger partial charge is 0.0112 e. The van der Waals surface area contributed by atoms with Crippen LogP contribution in [0.1, 0.15) is 26.2 Å². The fourth-order valence-electron chi connectivity index (χ4n) is 2.41. The molecule has 1 N–H and O–H groups in total. The van der Waals surface area contributed by atoms with E-state index in [1.165, 1.54) is 65.1 Å². The largest absolute Gasteiger partial charge is 0.314 e. The lowest BCUT2D eigenvalue weighted by Crippen LogP contribution is -2.46. The first-order valence-electron chi connectivity index (χ1n) is 6.57. The van der Waals surface area contributed by atoms with Crippen LogP contribution in [-0.4, -0.2) is 61.7 Å². The minimum Gasteiger partial charge on any atom is -0.314 e. The van der Waals surface area contributed by atoms with Gasteiger partial charge in [-0.3, -0.25) is 9.80 Å². The second-order valence-corrected chi connectivity index (χ2v) is 4.86. The van der Waals surface area contributed by atoms with Gasteiger partial charge in [0.2, 0.25) is 0 Å². The minimum absolute atomic E-state index is 0.938. The molecule has 3 heteroatoms. The molecule has 1 heterocycles. The molecule has 0 spiro atoms. The third-order valence-corrected chi connectivity index (χ3v) is 3.49. The van der Waals surface area contributed by atoms with Gasteiger partial charge in [-0.25, -0.2) is 0 Å². The number of piperazine rings is 1. The van der Waals surface area contributed by atoms with Crippen LogP contribution in [0.4, 0.5) is 0 Å². The Kier molecular flexibility index (Phi) is 4.42. The second kappa shape index (κ2) is 5.83. The molecule has 0 radical (unpaired) electrons. The highest BCUT2D eigenvalue weighted by Gasteiger charge is 2.28. The SMILES string of the molecule is CCCN(CCN1CCNCC1)C1CC1. The molecule has 3 nitrogen and oxygen atoms in total. The summed E-state index contributed by atoms with van der Waals surface area (Å²) >= 11 is 0. The second-order valence-electron chi connectivity index (χ2n) is 4.86. The number of hydrogen-bond donors (Lipinski definition) is 1. The van der Waals surface area contributed by atoms with Crippen LogP contribution in [-0.2, 0) is 0 Å². The summed E-state index contributed by atoms with van der Waals surface area (Å²) in [6.07, 6.45) is 4.20. The molecule has 0 aromatic carbocycles. The average Bonchev–Trinajstić information content (AvgIpc) is 3.09. The Bertz CT molecular complexity index is 174. The van der Waals surface area contributed by atoms with Gasteiger partial charge in [-0.2, -0.15) is 0 Å². The molecule has 2 aliphatic rings. The van der Waals surface area contributed by atoms with Crippen molar-refractivity contribution >= 4 is 0 Å². The van der Waals surface area contributed by atoms with Gasteiger partial charge >= 0.3 is 0 Å². The van der Waals surface area contributed by atoms with Crippen molar-refractivity contribution in [1.82, 2.24) is 15.1 Å². The van der Waals surface area contributed by atoms with Crippen molar-refractivity contribution in [2.75, 3.05) is 45.8 Å². The van der Waals surface area contributed by atoms with Gasteiger partial charge in [0.1, 0.15) is 0 Å². The van der Waals surface area contributed by atoms with Crippen LogP contribution in [0, 0.1) is 0 Å². The molecule has 1 saturated carbocycles. The lowest BCUT2D eigenvalue weighted by atomic mass is 10.3. The van der Waals surface area contributed by atoms with Gasteiger partial charge in [0, 0.05) is 45.3 Å². The fourth-order valence-corrected chi connectivity index (χ4v) is 2.41. The maximum Gasteiger partial charge on any atom is 0.0112 e. The number of nitrogens with one attached hydrogen (secondary N) is 1. The zero-order valence-corrected chi connectivity index (χ0v) is 10.0. The third-order valence-electron chi connectivity index (χ3n) is 3.49. The predicted molar refractivity (Wildman–Crippen MR) is 64.2 cm³/mol. The molecule has 15 heavy (non-hydrogen) atoms. The molecule has 0 unspecified atom stereocenters. The summed E-state index contributed by atoms with van der Waals surface area (Å²) in [5.41, 5.74) is 0. The molecular formula is C12H25N3. The van der Waals surface area contributed by atoms with Gasteiger partial charge in [0.25, 0.3) is 0 Å². The quantitative estimate of drug-likeness (QED) is 0.700. The molecule has 0 bridgehead atoms. The van der Waals surface area contributed by atoms with Crippen molar-refractivity contribution < 1.29 is 0 Å². The van der Waals surface area contributed by atoms with E-state index >= 15 is 0 Å². The molecule has 2 fully saturated rings. The van der Waals surface area contributed by atoms with Crippen molar-refractivity contribution in [2.45, 2.75) is 32.2 Å². The normalized spacial score (nSPS) is 23.6. The lowest BCUT2D eigenvalue weighted by molar-refractivity contribution is 0.183. The van der Waals surface area contributed by atoms with E-state index in [-0.39, 0.29) is 0 Å². The lowest BCUT2D eigenvalue weighted by Gasteiger charge is -2.30. The first-order valence-corrected chi connectivity index (χ1v) is 6.57. The standard InChI is InChI=1S/C12H25N3/c1-2-7-15(12-3-4-12)11-10-14-8-5-13-6-9-14/h12-13H,2-11H2,1H3. The molecule has 2 rings (SSSR count). The number of hydrogen-bond acceptors (Lipinski definition) is 3. The van der Waals surface area contributed by atoms with E-state index in [0.717, 1.165) is 6.04 Å². The first kappa shape index (κ1) is 11.4. The maximum atomic E-state index is 3.41. The average molecular weight is 211 g/mol. The van der Waals surface area contributed by atoms with Crippen molar-refractivity contribution in [2.24, 2.45) is 0 Å². The van der Waals surface area contributed by atoms with E-state index in [4.69, 9.17) is 0 Å². The van der Waals surface area contributed by atoms with Crippen molar-refractivity contribution in [3.8, 4) is 0 Å². The van der Waals surface area contributed by atoms with Gasteiger partial charge in [-0.15, -0.1) is 0 Å². The van der Waals surface area contributed by atoms with Crippen LogP contribution in [0.3, 0.4) is 0 Å². The van der Waals surface area contributed by atoms with Gasteiger partial charge in [0.05, 0.1) is 0 Å². The zero-order valence-electron chi connectivity index (χ0n) is 10.0. The molecule has 1 saturated heterocycles. The topological polar surface area (TPSA) is 18.5 Å². The Morgan fingerprint density at radius 1 is 1.20 bits per heavy atom. The van der Waals surface area contributed by atoms with E-state index in [9.17, 15) is 0 Å². The summed E-state index contributed by atoms with van der Waals surface area (Å²) < 4.78 is 0. The molecule has 0 atom stereocenters. The van der Waals surface area contributed by atoms with Crippen LogP contribution in [0.15, 0.2) is 0 Å². The summed E-state index contributed by atoms with van der Waals surface area (Å²) in [6, 6.07) is 0.938. The zero-order chi connectivity index (χ0) is 10.5. The summed E-state index contributed by atoms with van der Waals surface area (Å²) in [4.78, 5) is 5.30.